The van der Waals surface area contributed by atoms with E-state index < -0.39 is 11.4 Å². The van der Waals surface area contributed by atoms with E-state index in [0.29, 0.717) is 24.5 Å². The van der Waals surface area contributed by atoms with Gasteiger partial charge in [-0.2, -0.15) is 15.0 Å². The Morgan fingerprint density at radius 3 is 2.39 bits per heavy atom. The van der Waals surface area contributed by atoms with Crippen molar-refractivity contribution in [3.8, 4) is 5.69 Å². The molecule has 9 heteroatoms. The number of fused-ring (bicyclic) bond motifs is 1. The van der Waals surface area contributed by atoms with Crippen LogP contribution < -0.4 is 4.90 Å². The first-order valence-corrected chi connectivity index (χ1v) is 11.1. The van der Waals surface area contributed by atoms with Crippen LogP contribution in [0.2, 0.25) is 0 Å². The second kappa shape index (κ2) is 7.91. The van der Waals surface area contributed by atoms with E-state index in [-0.39, 0.29) is 23.3 Å². The van der Waals surface area contributed by atoms with Gasteiger partial charge in [-0.15, -0.1) is 0 Å². The first-order valence-electron chi connectivity index (χ1n) is 11.1. The van der Waals surface area contributed by atoms with E-state index in [2.05, 4.69) is 15.1 Å². The molecule has 0 bridgehead atoms. The second-order valence-electron chi connectivity index (χ2n) is 9.53. The summed E-state index contributed by atoms with van der Waals surface area (Å²) in [6.45, 7) is 8.11. The molecule has 1 N–H and O–H groups in total. The molecule has 2 saturated heterocycles. The number of aliphatic hydroxyl groups is 1. The van der Waals surface area contributed by atoms with E-state index in [1.807, 2.05) is 19.1 Å². The maximum atomic E-state index is 14.7. The summed E-state index contributed by atoms with van der Waals surface area (Å²) in [5.41, 5.74) is 1.02. The standard InChI is InChI=1S/C24H27FN6O2/c1-15-9-20(24(2,3)33)28-21(10-15)29-11-16-13-30(14-17(16)12-29)23(32)22-18(25)5-4-6-19(22)31-26-7-8-27-31/h4-10,16-17,33H,11-14H2,1-3H3. The number of amides is 1. The number of hydrogen-bond donors (Lipinski definition) is 1. The molecule has 0 radical (unpaired) electrons. The lowest BCUT2D eigenvalue weighted by Gasteiger charge is -2.25. The maximum Gasteiger partial charge on any atom is 0.259 e. The van der Waals surface area contributed by atoms with Crippen LogP contribution in [0.25, 0.3) is 5.69 Å². The summed E-state index contributed by atoms with van der Waals surface area (Å²) in [5.74, 6) is 0.497. The van der Waals surface area contributed by atoms with E-state index in [1.54, 1.807) is 30.9 Å². The number of nitrogens with zero attached hydrogens (tertiary/aromatic N) is 6. The first-order chi connectivity index (χ1) is 15.7. The minimum Gasteiger partial charge on any atom is -0.384 e. The summed E-state index contributed by atoms with van der Waals surface area (Å²) in [5, 5.41) is 18.5. The van der Waals surface area contributed by atoms with Gasteiger partial charge in [0.25, 0.3) is 5.91 Å². The molecule has 5 rings (SSSR count). The van der Waals surface area contributed by atoms with Gasteiger partial charge in [-0.05, 0) is 50.6 Å². The van der Waals surface area contributed by atoms with Gasteiger partial charge in [0.15, 0.2) is 0 Å². The molecule has 172 valence electrons. The van der Waals surface area contributed by atoms with Gasteiger partial charge in [0.1, 0.15) is 28.5 Å². The van der Waals surface area contributed by atoms with E-state index in [4.69, 9.17) is 4.98 Å². The van der Waals surface area contributed by atoms with Crippen LogP contribution in [0.3, 0.4) is 0 Å². The highest BCUT2D eigenvalue weighted by atomic mass is 19.1. The minimum absolute atomic E-state index is 0.000648. The first kappa shape index (κ1) is 21.5. The summed E-state index contributed by atoms with van der Waals surface area (Å²) < 4.78 is 14.7. The number of aryl methyl sites for hydroxylation is 1. The highest BCUT2D eigenvalue weighted by molar-refractivity contribution is 5.98. The highest BCUT2D eigenvalue weighted by Crippen LogP contribution is 2.35. The molecule has 2 aliphatic heterocycles. The molecule has 0 spiro atoms. The Hall–Kier alpha value is -3.33. The van der Waals surface area contributed by atoms with Crippen molar-refractivity contribution >= 4 is 11.7 Å². The molecule has 1 aromatic carbocycles. The number of benzene rings is 1. The van der Waals surface area contributed by atoms with Crippen molar-refractivity contribution in [2.75, 3.05) is 31.1 Å². The van der Waals surface area contributed by atoms with Gasteiger partial charge < -0.3 is 14.9 Å². The lowest BCUT2D eigenvalue weighted by Crippen LogP contribution is -2.34. The molecule has 2 atom stereocenters. The van der Waals surface area contributed by atoms with Crippen LogP contribution in [0.15, 0.2) is 42.7 Å². The van der Waals surface area contributed by atoms with Crippen LogP contribution in [0.4, 0.5) is 10.2 Å². The Morgan fingerprint density at radius 1 is 1.09 bits per heavy atom. The molecule has 33 heavy (non-hydrogen) atoms. The molecule has 8 nitrogen and oxygen atoms in total. The lowest BCUT2D eigenvalue weighted by atomic mass is 10.0. The maximum absolute atomic E-state index is 14.7. The predicted molar refractivity (Wildman–Crippen MR) is 121 cm³/mol. The number of anilines is 1. The third-order valence-corrected chi connectivity index (χ3v) is 6.52. The quantitative estimate of drug-likeness (QED) is 0.657. The summed E-state index contributed by atoms with van der Waals surface area (Å²) in [6, 6.07) is 8.43. The van der Waals surface area contributed by atoms with Crippen molar-refractivity contribution in [3.63, 3.8) is 0 Å². The van der Waals surface area contributed by atoms with Gasteiger partial charge in [0.2, 0.25) is 0 Å². The topological polar surface area (TPSA) is 87.4 Å². The third-order valence-electron chi connectivity index (χ3n) is 6.52. The molecule has 4 heterocycles. The summed E-state index contributed by atoms with van der Waals surface area (Å²) in [6.07, 6.45) is 2.99. The number of carbonyl (C=O) groups excluding carboxylic acids is 1. The monoisotopic (exact) mass is 450 g/mol. The number of rotatable bonds is 4. The van der Waals surface area contributed by atoms with Gasteiger partial charge in [-0.25, -0.2) is 9.37 Å². The molecule has 2 unspecified atom stereocenters. The minimum atomic E-state index is -1.01. The molecule has 0 aliphatic carbocycles. The second-order valence-corrected chi connectivity index (χ2v) is 9.53. The number of likely N-dealkylation sites (tertiary alicyclic amines) is 1. The average molecular weight is 451 g/mol. The largest absolute Gasteiger partial charge is 0.384 e. The van der Waals surface area contributed by atoms with Crippen LogP contribution in [-0.4, -0.2) is 62.1 Å². The molecule has 2 aromatic heterocycles. The Labute approximate surface area is 191 Å². The molecule has 0 saturated carbocycles. The Balaban J connectivity index is 1.34. The molecule has 1 amide bonds. The fraction of sp³-hybridized carbons (Fsp3) is 0.417. The Bertz CT molecular complexity index is 1180. The SMILES string of the molecule is Cc1cc(N2CC3CN(C(=O)c4c(F)cccc4-n4nccn4)CC3C2)nc(C(C)(C)O)c1. The molecular formula is C24H27FN6O2. The van der Waals surface area contributed by atoms with Crippen LogP contribution >= 0.6 is 0 Å². The van der Waals surface area contributed by atoms with Crippen molar-refractivity contribution in [2.45, 2.75) is 26.4 Å². The molecule has 3 aromatic rings. The van der Waals surface area contributed by atoms with Crippen molar-refractivity contribution in [2.24, 2.45) is 11.8 Å². The van der Waals surface area contributed by atoms with Gasteiger partial charge in [-0.3, -0.25) is 4.79 Å². The molecule has 2 aliphatic rings. The van der Waals surface area contributed by atoms with Gasteiger partial charge >= 0.3 is 0 Å². The number of hydrogen-bond acceptors (Lipinski definition) is 6. The average Bonchev–Trinajstić information content (AvgIpc) is 3.48. The van der Waals surface area contributed by atoms with Gasteiger partial charge in [-0.1, -0.05) is 6.07 Å². The third kappa shape index (κ3) is 3.97. The Kier molecular flexibility index (Phi) is 5.16. The van der Waals surface area contributed by atoms with E-state index >= 15 is 0 Å². The van der Waals surface area contributed by atoms with Crippen LogP contribution in [0, 0.1) is 24.6 Å². The molecule has 2 fully saturated rings. The highest BCUT2D eigenvalue weighted by Gasteiger charge is 2.43. The fourth-order valence-electron chi connectivity index (χ4n) is 4.86. The van der Waals surface area contributed by atoms with Crippen LogP contribution in [0.5, 0.6) is 0 Å². The van der Waals surface area contributed by atoms with E-state index in [0.717, 1.165) is 24.5 Å². The van der Waals surface area contributed by atoms with Crippen LogP contribution in [-0.2, 0) is 5.60 Å². The summed E-state index contributed by atoms with van der Waals surface area (Å²) in [4.78, 5) is 23.3. The number of aromatic nitrogens is 4. The smallest absolute Gasteiger partial charge is 0.259 e. The van der Waals surface area contributed by atoms with Crippen molar-refractivity contribution in [1.29, 1.82) is 0 Å². The number of halogens is 1. The van der Waals surface area contributed by atoms with Crippen molar-refractivity contribution in [1.82, 2.24) is 24.9 Å². The lowest BCUT2D eigenvalue weighted by molar-refractivity contribution is 0.0737. The zero-order valence-corrected chi connectivity index (χ0v) is 18.9. The van der Waals surface area contributed by atoms with Gasteiger partial charge in [0, 0.05) is 38.0 Å². The van der Waals surface area contributed by atoms with E-state index in [9.17, 15) is 14.3 Å². The zero-order chi connectivity index (χ0) is 23.3. The normalized spacial score (nSPS) is 20.4. The molecular weight excluding hydrogens is 423 g/mol. The van der Waals surface area contributed by atoms with Crippen molar-refractivity contribution in [3.05, 3.63) is 65.4 Å². The summed E-state index contributed by atoms with van der Waals surface area (Å²) in [7, 11) is 0. The van der Waals surface area contributed by atoms with Crippen molar-refractivity contribution < 1.29 is 14.3 Å². The fourth-order valence-corrected chi connectivity index (χ4v) is 4.86. The summed E-state index contributed by atoms with van der Waals surface area (Å²) >= 11 is 0. The van der Waals surface area contributed by atoms with Crippen LogP contribution in [0.1, 0.15) is 35.5 Å². The van der Waals surface area contributed by atoms with Gasteiger partial charge in [0.05, 0.1) is 18.1 Å². The zero-order valence-electron chi connectivity index (χ0n) is 18.9. The van der Waals surface area contributed by atoms with E-state index in [1.165, 1.54) is 23.3 Å². The number of pyridine rings is 1. The Morgan fingerprint density at radius 2 is 1.76 bits per heavy atom. The predicted octanol–water partition coefficient (Wildman–Crippen LogP) is 2.55. The number of carbonyl (C=O) groups is 1.